The highest BCUT2D eigenvalue weighted by Crippen LogP contribution is 2.33. The summed E-state index contributed by atoms with van der Waals surface area (Å²) in [4.78, 5) is 13.1. The Labute approximate surface area is 157 Å². The van der Waals surface area contributed by atoms with Crippen molar-refractivity contribution in [3.63, 3.8) is 0 Å². The monoisotopic (exact) mass is 369 g/mol. The average Bonchev–Trinajstić information content (AvgIpc) is 2.64. The third kappa shape index (κ3) is 3.87. The molecule has 0 bridgehead atoms. The standard InChI is InChI=1S/C21H17Cl2NO/c1-14-17(22)12-13-18(20(14)23)24-21(25)19(15-8-4-2-5-9-15)16-10-6-3-7-11-16/h2-13,19H,1H3,(H,24,25). The topological polar surface area (TPSA) is 29.1 Å². The molecule has 126 valence electrons. The van der Waals surface area contributed by atoms with Crippen LogP contribution in [0.4, 0.5) is 5.69 Å². The zero-order valence-electron chi connectivity index (χ0n) is 13.7. The van der Waals surface area contributed by atoms with Crippen molar-refractivity contribution in [2.75, 3.05) is 5.32 Å². The van der Waals surface area contributed by atoms with Crippen molar-refractivity contribution in [3.8, 4) is 0 Å². The number of benzene rings is 3. The lowest BCUT2D eigenvalue weighted by Crippen LogP contribution is -2.22. The first-order valence-electron chi connectivity index (χ1n) is 7.93. The highest BCUT2D eigenvalue weighted by Gasteiger charge is 2.23. The Hall–Kier alpha value is -2.29. The van der Waals surface area contributed by atoms with E-state index >= 15 is 0 Å². The van der Waals surface area contributed by atoms with Gasteiger partial charge >= 0.3 is 0 Å². The summed E-state index contributed by atoms with van der Waals surface area (Å²) < 4.78 is 0. The third-order valence-electron chi connectivity index (χ3n) is 4.11. The van der Waals surface area contributed by atoms with E-state index in [9.17, 15) is 4.79 Å². The van der Waals surface area contributed by atoms with Crippen LogP contribution in [0.15, 0.2) is 72.8 Å². The molecule has 1 amide bonds. The van der Waals surface area contributed by atoms with Crippen molar-refractivity contribution in [1.82, 2.24) is 0 Å². The Morgan fingerprint density at radius 2 is 1.36 bits per heavy atom. The molecule has 0 aliphatic heterocycles. The zero-order chi connectivity index (χ0) is 17.8. The summed E-state index contributed by atoms with van der Waals surface area (Å²) in [5.74, 6) is -0.560. The van der Waals surface area contributed by atoms with E-state index in [4.69, 9.17) is 23.2 Å². The van der Waals surface area contributed by atoms with E-state index in [1.807, 2.05) is 67.6 Å². The van der Waals surface area contributed by atoms with Gasteiger partial charge in [0.25, 0.3) is 0 Å². The summed E-state index contributed by atoms with van der Waals surface area (Å²) >= 11 is 12.4. The van der Waals surface area contributed by atoms with Crippen LogP contribution in [0.25, 0.3) is 0 Å². The number of carbonyl (C=O) groups is 1. The quantitative estimate of drug-likeness (QED) is 0.593. The molecule has 0 saturated carbocycles. The Morgan fingerprint density at radius 3 is 1.88 bits per heavy atom. The normalized spacial score (nSPS) is 10.7. The summed E-state index contributed by atoms with van der Waals surface area (Å²) in [6.07, 6.45) is 0. The van der Waals surface area contributed by atoms with E-state index in [0.29, 0.717) is 15.7 Å². The molecule has 0 saturated heterocycles. The number of hydrogen-bond acceptors (Lipinski definition) is 1. The van der Waals surface area contributed by atoms with Crippen LogP contribution in [0, 0.1) is 6.92 Å². The third-order valence-corrected chi connectivity index (χ3v) is 5.00. The minimum Gasteiger partial charge on any atom is -0.324 e. The predicted molar refractivity (Wildman–Crippen MR) is 105 cm³/mol. The van der Waals surface area contributed by atoms with Crippen LogP contribution >= 0.6 is 23.2 Å². The molecule has 3 rings (SSSR count). The molecule has 0 aromatic heterocycles. The van der Waals surface area contributed by atoms with Crippen molar-refractivity contribution < 1.29 is 4.79 Å². The van der Waals surface area contributed by atoms with Crippen molar-refractivity contribution in [2.45, 2.75) is 12.8 Å². The minimum atomic E-state index is -0.422. The van der Waals surface area contributed by atoms with Crippen LogP contribution in [0.1, 0.15) is 22.6 Å². The van der Waals surface area contributed by atoms with Crippen molar-refractivity contribution in [2.24, 2.45) is 0 Å². The van der Waals surface area contributed by atoms with Gasteiger partial charge in [-0.15, -0.1) is 0 Å². The molecular formula is C21H17Cl2NO. The Morgan fingerprint density at radius 1 is 0.840 bits per heavy atom. The molecule has 0 unspecified atom stereocenters. The molecule has 4 heteroatoms. The first-order valence-corrected chi connectivity index (χ1v) is 8.69. The van der Waals surface area contributed by atoms with E-state index in [-0.39, 0.29) is 5.91 Å². The SMILES string of the molecule is Cc1c(Cl)ccc(NC(=O)C(c2ccccc2)c2ccccc2)c1Cl. The van der Waals surface area contributed by atoms with Gasteiger partial charge in [0.05, 0.1) is 16.6 Å². The fraction of sp³-hybridized carbons (Fsp3) is 0.0952. The van der Waals surface area contributed by atoms with Crippen LogP contribution < -0.4 is 5.32 Å². The van der Waals surface area contributed by atoms with Gasteiger partial charge in [-0.1, -0.05) is 83.9 Å². The molecule has 1 N–H and O–H groups in total. The average molecular weight is 370 g/mol. The van der Waals surface area contributed by atoms with E-state index in [1.165, 1.54) is 0 Å². The van der Waals surface area contributed by atoms with Gasteiger partial charge in [-0.3, -0.25) is 4.79 Å². The van der Waals surface area contributed by atoms with Crippen LogP contribution in [0.2, 0.25) is 10.0 Å². The number of amides is 1. The number of anilines is 1. The second-order valence-corrected chi connectivity index (χ2v) is 6.56. The van der Waals surface area contributed by atoms with Crippen LogP contribution in [-0.2, 0) is 4.79 Å². The van der Waals surface area contributed by atoms with Crippen LogP contribution in [-0.4, -0.2) is 5.91 Å². The molecular weight excluding hydrogens is 353 g/mol. The molecule has 0 heterocycles. The molecule has 0 spiro atoms. The highest BCUT2D eigenvalue weighted by atomic mass is 35.5. The van der Waals surface area contributed by atoms with Crippen molar-refractivity contribution in [1.29, 1.82) is 0 Å². The molecule has 3 aromatic carbocycles. The number of nitrogens with one attached hydrogen (secondary N) is 1. The maximum atomic E-state index is 13.1. The minimum absolute atomic E-state index is 0.138. The molecule has 3 aromatic rings. The van der Waals surface area contributed by atoms with E-state index in [2.05, 4.69) is 5.32 Å². The van der Waals surface area contributed by atoms with Gasteiger partial charge in [-0.05, 0) is 35.7 Å². The molecule has 0 fully saturated rings. The lowest BCUT2D eigenvalue weighted by Gasteiger charge is -2.19. The maximum absolute atomic E-state index is 13.1. The summed E-state index contributed by atoms with van der Waals surface area (Å²) in [5.41, 5.74) is 3.16. The summed E-state index contributed by atoms with van der Waals surface area (Å²) in [6, 6.07) is 22.8. The van der Waals surface area contributed by atoms with Gasteiger partial charge in [0.15, 0.2) is 0 Å². The lowest BCUT2D eigenvalue weighted by molar-refractivity contribution is -0.116. The van der Waals surface area contributed by atoms with Gasteiger partial charge in [0.1, 0.15) is 0 Å². The van der Waals surface area contributed by atoms with Crippen molar-refractivity contribution in [3.05, 3.63) is 99.5 Å². The Balaban J connectivity index is 1.97. The first kappa shape index (κ1) is 17.5. The van der Waals surface area contributed by atoms with Crippen molar-refractivity contribution >= 4 is 34.8 Å². The van der Waals surface area contributed by atoms with E-state index < -0.39 is 5.92 Å². The molecule has 0 atom stereocenters. The number of hydrogen-bond donors (Lipinski definition) is 1. The Bertz CT molecular complexity index is 840. The fourth-order valence-corrected chi connectivity index (χ4v) is 3.17. The summed E-state index contributed by atoms with van der Waals surface area (Å²) in [6.45, 7) is 1.83. The van der Waals surface area contributed by atoms with Gasteiger partial charge in [0, 0.05) is 5.02 Å². The van der Waals surface area contributed by atoms with Crippen LogP contribution in [0.3, 0.4) is 0 Å². The largest absolute Gasteiger partial charge is 0.324 e. The second-order valence-electron chi connectivity index (χ2n) is 5.78. The number of rotatable bonds is 4. The van der Waals surface area contributed by atoms with Crippen LogP contribution in [0.5, 0.6) is 0 Å². The smallest absolute Gasteiger partial charge is 0.236 e. The second kappa shape index (κ2) is 7.73. The highest BCUT2D eigenvalue weighted by molar-refractivity contribution is 6.38. The molecule has 2 nitrogen and oxygen atoms in total. The molecule has 0 radical (unpaired) electrons. The molecule has 0 aliphatic rings. The van der Waals surface area contributed by atoms with E-state index in [0.717, 1.165) is 16.7 Å². The molecule has 0 aliphatic carbocycles. The van der Waals surface area contributed by atoms with Gasteiger partial charge < -0.3 is 5.32 Å². The summed E-state index contributed by atoms with van der Waals surface area (Å²) in [5, 5.41) is 3.98. The van der Waals surface area contributed by atoms with E-state index in [1.54, 1.807) is 12.1 Å². The zero-order valence-corrected chi connectivity index (χ0v) is 15.2. The van der Waals surface area contributed by atoms with Gasteiger partial charge in [-0.2, -0.15) is 0 Å². The predicted octanol–water partition coefficient (Wildman–Crippen LogP) is 6.07. The molecule has 25 heavy (non-hydrogen) atoms. The van der Waals surface area contributed by atoms with Gasteiger partial charge in [-0.25, -0.2) is 0 Å². The number of halogens is 2. The number of carbonyl (C=O) groups excluding carboxylic acids is 1. The fourth-order valence-electron chi connectivity index (χ4n) is 2.75. The lowest BCUT2D eigenvalue weighted by atomic mass is 9.90. The Kier molecular flexibility index (Phi) is 5.42. The van der Waals surface area contributed by atoms with Gasteiger partial charge in [0.2, 0.25) is 5.91 Å². The summed E-state index contributed by atoms with van der Waals surface area (Å²) in [7, 11) is 0. The maximum Gasteiger partial charge on any atom is 0.236 e. The first-order chi connectivity index (χ1) is 12.1.